The van der Waals surface area contributed by atoms with Crippen molar-refractivity contribution in [3.8, 4) is 0 Å². The number of nitrogens with one attached hydrogen (secondary N) is 1. The van der Waals surface area contributed by atoms with Crippen LogP contribution in [-0.2, 0) is 11.2 Å². The quantitative estimate of drug-likeness (QED) is 0.807. The van der Waals surface area contributed by atoms with E-state index in [2.05, 4.69) is 5.32 Å². The second-order valence-corrected chi connectivity index (χ2v) is 5.15. The molecule has 0 aromatic heterocycles. The first-order valence-corrected chi connectivity index (χ1v) is 6.89. The predicted molar refractivity (Wildman–Crippen MR) is 75.1 cm³/mol. The van der Waals surface area contributed by atoms with Gasteiger partial charge in [-0.3, -0.25) is 4.79 Å². The van der Waals surface area contributed by atoms with Crippen LogP contribution in [0.25, 0.3) is 0 Å². The molecule has 3 nitrogen and oxygen atoms in total. The van der Waals surface area contributed by atoms with Crippen molar-refractivity contribution in [1.29, 1.82) is 0 Å². The summed E-state index contributed by atoms with van der Waals surface area (Å²) in [6.45, 7) is 4.11. The van der Waals surface area contributed by atoms with Crippen LogP contribution in [0, 0.1) is 17.6 Å². The van der Waals surface area contributed by atoms with Crippen molar-refractivity contribution in [3.05, 3.63) is 35.4 Å². The summed E-state index contributed by atoms with van der Waals surface area (Å²) >= 11 is 0. The van der Waals surface area contributed by atoms with Crippen molar-refractivity contribution in [2.24, 2.45) is 11.7 Å². The Bertz CT molecular complexity index is 431. The van der Waals surface area contributed by atoms with Crippen molar-refractivity contribution < 1.29 is 13.6 Å². The van der Waals surface area contributed by atoms with Crippen molar-refractivity contribution in [2.45, 2.75) is 39.2 Å². The van der Waals surface area contributed by atoms with Crippen molar-refractivity contribution in [2.75, 3.05) is 6.54 Å². The summed E-state index contributed by atoms with van der Waals surface area (Å²) in [7, 11) is 0. The maximum atomic E-state index is 13.5. The minimum atomic E-state index is -0.581. The maximum absolute atomic E-state index is 13.5. The molecule has 0 aliphatic rings. The van der Waals surface area contributed by atoms with Crippen LogP contribution in [0.1, 0.15) is 32.3 Å². The molecule has 0 aliphatic carbocycles. The van der Waals surface area contributed by atoms with E-state index < -0.39 is 11.6 Å². The molecule has 112 valence electrons. The minimum Gasteiger partial charge on any atom is -0.353 e. The monoisotopic (exact) mass is 284 g/mol. The fraction of sp³-hybridized carbons (Fsp3) is 0.533. The Balaban J connectivity index is 2.55. The lowest BCUT2D eigenvalue weighted by atomic mass is 10.0. The zero-order chi connectivity index (χ0) is 15.1. The van der Waals surface area contributed by atoms with Crippen LogP contribution in [-0.4, -0.2) is 18.5 Å². The highest BCUT2D eigenvalue weighted by Crippen LogP contribution is 2.14. The van der Waals surface area contributed by atoms with E-state index in [0.29, 0.717) is 13.0 Å². The summed E-state index contributed by atoms with van der Waals surface area (Å²) in [5.41, 5.74) is 5.41. The van der Waals surface area contributed by atoms with Gasteiger partial charge in [0.2, 0.25) is 5.91 Å². The van der Waals surface area contributed by atoms with Crippen LogP contribution in [0.3, 0.4) is 0 Å². The Morgan fingerprint density at radius 3 is 2.45 bits per heavy atom. The predicted octanol–water partition coefficient (Wildman–Crippen LogP) is 2.39. The summed E-state index contributed by atoms with van der Waals surface area (Å²) in [6.07, 6.45) is 1.63. The zero-order valence-electron chi connectivity index (χ0n) is 12.0. The van der Waals surface area contributed by atoms with Gasteiger partial charge < -0.3 is 11.1 Å². The molecule has 1 amide bonds. The molecule has 0 bridgehead atoms. The lowest BCUT2D eigenvalue weighted by molar-refractivity contribution is -0.125. The fourth-order valence-corrected chi connectivity index (χ4v) is 2.02. The van der Waals surface area contributed by atoms with Gasteiger partial charge in [0, 0.05) is 17.5 Å². The SMILES string of the molecule is CC(Cc1c(F)cccc1F)NC(=O)C(C)CCCN. The molecule has 5 heteroatoms. The summed E-state index contributed by atoms with van der Waals surface area (Å²) in [5, 5.41) is 2.78. The van der Waals surface area contributed by atoms with E-state index in [1.54, 1.807) is 6.92 Å². The van der Waals surface area contributed by atoms with Gasteiger partial charge in [-0.05, 0) is 44.9 Å². The van der Waals surface area contributed by atoms with E-state index in [4.69, 9.17) is 5.73 Å². The van der Waals surface area contributed by atoms with Gasteiger partial charge in [-0.2, -0.15) is 0 Å². The first-order valence-electron chi connectivity index (χ1n) is 6.89. The van der Waals surface area contributed by atoms with E-state index in [1.807, 2.05) is 6.92 Å². The molecule has 3 N–H and O–H groups in total. The zero-order valence-corrected chi connectivity index (χ0v) is 12.0. The smallest absolute Gasteiger partial charge is 0.223 e. The van der Waals surface area contributed by atoms with Crippen LogP contribution in [0.2, 0.25) is 0 Å². The van der Waals surface area contributed by atoms with Crippen LogP contribution in [0.5, 0.6) is 0 Å². The van der Waals surface area contributed by atoms with Crippen molar-refractivity contribution >= 4 is 5.91 Å². The number of hydrogen-bond donors (Lipinski definition) is 2. The normalized spacial score (nSPS) is 13.8. The maximum Gasteiger partial charge on any atom is 0.223 e. The third kappa shape index (κ3) is 4.89. The second-order valence-electron chi connectivity index (χ2n) is 5.15. The lowest BCUT2D eigenvalue weighted by Gasteiger charge is -2.18. The highest BCUT2D eigenvalue weighted by atomic mass is 19.1. The highest BCUT2D eigenvalue weighted by Gasteiger charge is 2.17. The van der Waals surface area contributed by atoms with Crippen LogP contribution in [0.4, 0.5) is 8.78 Å². The number of hydrogen-bond acceptors (Lipinski definition) is 2. The number of rotatable bonds is 7. The van der Waals surface area contributed by atoms with Gasteiger partial charge >= 0.3 is 0 Å². The van der Waals surface area contributed by atoms with Crippen LogP contribution < -0.4 is 11.1 Å². The van der Waals surface area contributed by atoms with Gasteiger partial charge in [0.05, 0.1) is 0 Å². The molecule has 0 saturated carbocycles. The molecule has 20 heavy (non-hydrogen) atoms. The first kappa shape index (κ1) is 16.6. The van der Waals surface area contributed by atoms with Gasteiger partial charge in [-0.25, -0.2) is 8.78 Å². The Morgan fingerprint density at radius 2 is 1.90 bits per heavy atom. The molecule has 0 fully saturated rings. The number of amides is 1. The number of carbonyl (C=O) groups excluding carboxylic acids is 1. The van der Waals surface area contributed by atoms with Gasteiger partial charge in [0.15, 0.2) is 0 Å². The molecule has 1 rings (SSSR count). The number of halogens is 2. The van der Waals surface area contributed by atoms with Gasteiger partial charge in [-0.1, -0.05) is 13.0 Å². The van der Waals surface area contributed by atoms with Crippen LogP contribution >= 0.6 is 0 Å². The Labute approximate surface area is 118 Å². The summed E-state index contributed by atoms with van der Waals surface area (Å²) < 4.78 is 27.0. The molecule has 0 saturated heterocycles. The number of nitrogens with two attached hydrogens (primary N) is 1. The van der Waals surface area contributed by atoms with Crippen LogP contribution in [0.15, 0.2) is 18.2 Å². The van der Waals surface area contributed by atoms with Crippen molar-refractivity contribution in [3.63, 3.8) is 0 Å². The van der Waals surface area contributed by atoms with E-state index in [-0.39, 0.29) is 29.9 Å². The lowest BCUT2D eigenvalue weighted by Crippen LogP contribution is -2.38. The highest BCUT2D eigenvalue weighted by molar-refractivity contribution is 5.78. The average Bonchev–Trinajstić information content (AvgIpc) is 2.40. The molecular weight excluding hydrogens is 262 g/mol. The molecule has 0 radical (unpaired) electrons. The Kier molecular flexibility index (Phi) is 6.58. The third-order valence-electron chi connectivity index (χ3n) is 3.25. The molecule has 0 aliphatic heterocycles. The van der Waals surface area contributed by atoms with E-state index in [1.165, 1.54) is 18.2 Å². The van der Waals surface area contributed by atoms with Crippen molar-refractivity contribution in [1.82, 2.24) is 5.32 Å². The van der Waals surface area contributed by atoms with E-state index in [9.17, 15) is 13.6 Å². The Hall–Kier alpha value is -1.49. The standard InChI is InChI=1S/C15H22F2N2O/c1-10(5-4-8-18)15(20)19-11(2)9-12-13(16)6-3-7-14(12)17/h3,6-7,10-11H,4-5,8-9,18H2,1-2H3,(H,19,20). The molecule has 2 atom stereocenters. The van der Waals surface area contributed by atoms with Gasteiger partial charge in [-0.15, -0.1) is 0 Å². The molecular formula is C15H22F2N2O. The largest absolute Gasteiger partial charge is 0.353 e. The number of benzene rings is 1. The van der Waals surface area contributed by atoms with E-state index in [0.717, 1.165) is 6.42 Å². The number of carbonyl (C=O) groups is 1. The molecule has 1 aromatic rings. The second kappa shape index (κ2) is 7.94. The topological polar surface area (TPSA) is 55.1 Å². The molecule has 2 unspecified atom stereocenters. The molecule has 1 aromatic carbocycles. The first-order chi connectivity index (χ1) is 9.45. The summed E-state index contributed by atoms with van der Waals surface area (Å²) in [5.74, 6) is -1.42. The minimum absolute atomic E-state index is 0.00918. The summed E-state index contributed by atoms with van der Waals surface area (Å²) in [6, 6.07) is 3.44. The average molecular weight is 284 g/mol. The fourth-order valence-electron chi connectivity index (χ4n) is 2.02. The Morgan fingerprint density at radius 1 is 1.30 bits per heavy atom. The van der Waals surface area contributed by atoms with Gasteiger partial charge in [0.1, 0.15) is 11.6 Å². The summed E-state index contributed by atoms with van der Waals surface area (Å²) in [4.78, 5) is 11.9. The third-order valence-corrected chi connectivity index (χ3v) is 3.25. The molecule has 0 spiro atoms. The van der Waals surface area contributed by atoms with Gasteiger partial charge in [0.25, 0.3) is 0 Å². The van der Waals surface area contributed by atoms with E-state index >= 15 is 0 Å². The molecule has 0 heterocycles.